The highest BCUT2D eigenvalue weighted by molar-refractivity contribution is 5.94. The molecule has 0 unspecified atom stereocenters. The summed E-state index contributed by atoms with van der Waals surface area (Å²) >= 11 is 0. The van der Waals surface area contributed by atoms with Crippen LogP contribution < -0.4 is 0 Å². The van der Waals surface area contributed by atoms with Crippen LogP contribution in [0.2, 0.25) is 0 Å². The topological polar surface area (TPSA) is 40.5 Å². The van der Waals surface area contributed by atoms with Gasteiger partial charge in [-0.05, 0) is 49.9 Å². The van der Waals surface area contributed by atoms with Crippen molar-refractivity contribution in [1.82, 2.24) is 4.90 Å². The molecule has 0 heterocycles. The fourth-order valence-electron chi connectivity index (χ4n) is 1.74. The Morgan fingerprint density at radius 1 is 1.33 bits per heavy atom. The van der Waals surface area contributed by atoms with Gasteiger partial charge in [0.1, 0.15) is 5.82 Å². The number of carbonyl (C=O) groups is 1. The molecule has 0 aromatic heterocycles. The lowest BCUT2D eigenvalue weighted by molar-refractivity contribution is 0.0792. The summed E-state index contributed by atoms with van der Waals surface area (Å²) in [6.45, 7) is 2.48. The number of halogens is 1. The molecule has 1 rings (SSSR count). The maximum absolute atomic E-state index is 13.1. The maximum Gasteiger partial charge on any atom is 0.253 e. The van der Waals surface area contributed by atoms with Crippen molar-refractivity contribution in [3.63, 3.8) is 0 Å². The molecule has 1 amide bonds. The number of aryl methyl sites for hydroxylation is 1. The maximum atomic E-state index is 13.1. The van der Waals surface area contributed by atoms with Gasteiger partial charge in [-0.3, -0.25) is 4.79 Å². The number of aliphatic hydroxyl groups is 1. The van der Waals surface area contributed by atoms with Crippen LogP contribution in [0.25, 0.3) is 0 Å². The highest BCUT2D eigenvalue weighted by atomic mass is 19.1. The molecule has 100 valence electrons. The molecule has 0 aliphatic heterocycles. The minimum absolute atomic E-state index is 0.0953. The molecule has 0 fully saturated rings. The van der Waals surface area contributed by atoms with Crippen molar-refractivity contribution >= 4 is 5.91 Å². The van der Waals surface area contributed by atoms with Gasteiger partial charge in [-0.2, -0.15) is 0 Å². The first kappa shape index (κ1) is 14.6. The molecule has 0 saturated carbocycles. The second-order valence-electron chi connectivity index (χ2n) is 4.47. The third kappa shape index (κ3) is 4.11. The fourth-order valence-corrected chi connectivity index (χ4v) is 1.74. The standard InChI is InChI=1S/C14H20FNO2/c1-11-10-12(6-7-13(11)15)14(18)16(2)8-4-3-5-9-17/h6-7,10,17H,3-5,8-9H2,1-2H3. The monoisotopic (exact) mass is 253 g/mol. The number of amides is 1. The summed E-state index contributed by atoms with van der Waals surface area (Å²) in [7, 11) is 1.74. The van der Waals surface area contributed by atoms with Gasteiger partial charge in [-0.1, -0.05) is 0 Å². The summed E-state index contributed by atoms with van der Waals surface area (Å²) in [5, 5.41) is 8.66. The third-order valence-corrected chi connectivity index (χ3v) is 2.90. The van der Waals surface area contributed by atoms with E-state index in [1.165, 1.54) is 12.1 Å². The Morgan fingerprint density at radius 3 is 2.67 bits per heavy atom. The van der Waals surface area contributed by atoms with E-state index in [0.717, 1.165) is 19.3 Å². The van der Waals surface area contributed by atoms with Gasteiger partial charge in [0.15, 0.2) is 0 Å². The number of unbranched alkanes of at least 4 members (excludes halogenated alkanes) is 2. The number of carbonyl (C=O) groups excluding carboxylic acids is 1. The van der Waals surface area contributed by atoms with Crippen molar-refractivity contribution in [3.8, 4) is 0 Å². The van der Waals surface area contributed by atoms with Crippen molar-refractivity contribution in [2.45, 2.75) is 26.2 Å². The van der Waals surface area contributed by atoms with Gasteiger partial charge in [0.2, 0.25) is 0 Å². The van der Waals surface area contributed by atoms with E-state index < -0.39 is 0 Å². The van der Waals surface area contributed by atoms with Crippen molar-refractivity contribution in [2.24, 2.45) is 0 Å². The number of hydrogen-bond acceptors (Lipinski definition) is 2. The summed E-state index contributed by atoms with van der Waals surface area (Å²) in [5.74, 6) is -0.390. The van der Waals surface area contributed by atoms with E-state index >= 15 is 0 Å². The molecule has 0 bridgehead atoms. The van der Waals surface area contributed by atoms with E-state index in [1.54, 1.807) is 24.9 Å². The first-order chi connectivity index (χ1) is 8.56. The van der Waals surface area contributed by atoms with Gasteiger partial charge in [0.05, 0.1) is 0 Å². The van der Waals surface area contributed by atoms with E-state index in [1.807, 2.05) is 0 Å². The molecule has 0 aliphatic carbocycles. The molecule has 4 heteroatoms. The number of benzene rings is 1. The molecule has 1 N–H and O–H groups in total. The van der Waals surface area contributed by atoms with E-state index in [2.05, 4.69) is 0 Å². The summed E-state index contributed by atoms with van der Waals surface area (Å²) in [5.41, 5.74) is 0.994. The highest BCUT2D eigenvalue weighted by Gasteiger charge is 2.12. The van der Waals surface area contributed by atoms with Crippen molar-refractivity contribution < 1.29 is 14.3 Å². The largest absolute Gasteiger partial charge is 0.396 e. The van der Waals surface area contributed by atoms with Gasteiger partial charge < -0.3 is 10.0 Å². The molecule has 0 atom stereocenters. The quantitative estimate of drug-likeness (QED) is 0.791. The molecule has 1 aromatic carbocycles. The minimum Gasteiger partial charge on any atom is -0.396 e. The molecule has 1 aromatic rings. The van der Waals surface area contributed by atoms with E-state index in [9.17, 15) is 9.18 Å². The van der Waals surface area contributed by atoms with Gasteiger partial charge in [-0.25, -0.2) is 4.39 Å². The Bertz CT molecular complexity index is 407. The van der Waals surface area contributed by atoms with Crippen LogP contribution >= 0.6 is 0 Å². The van der Waals surface area contributed by atoms with Crippen LogP contribution in [-0.4, -0.2) is 36.1 Å². The third-order valence-electron chi connectivity index (χ3n) is 2.90. The van der Waals surface area contributed by atoms with E-state index in [-0.39, 0.29) is 18.3 Å². The second kappa shape index (κ2) is 7.11. The molecule has 0 spiro atoms. The zero-order valence-corrected chi connectivity index (χ0v) is 10.9. The predicted octanol–water partition coefficient (Wildman–Crippen LogP) is 2.37. The molecular formula is C14H20FNO2. The minimum atomic E-state index is -0.294. The number of aliphatic hydroxyl groups excluding tert-OH is 1. The molecule has 0 aliphatic rings. The predicted molar refractivity (Wildman–Crippen MR) is 69.0 cm³/mol. The fraction of sp³-hybridized carbons (Fsp3) is 0.500. The SMILES string of the molecule is Cc1cc(C(=O)N(C)CCCCCO)ccc1F. The Hall–Kier alpha value is -1.42. The van der Waals surface area contributed by atoms with Crippen LogP contribution in [0.5, 0.6) is 0 Å². The molecule has 0 saturated heterocycles. The zero-order valence-electron chi connectivity index (χ0n) is 10.9. The van der Waals surface area contributed by atoms with Crippen molar-refractivity contribution in [2.75, 3.05) is 20.2 Å². The summed E-state index contributed by atoms with van der Waals surface area (Å²) in [6.07, 6.45) is 2.53. The zero-order chi connectivity index (χ0) is 13.5. The van der Waals surface area contributed by atoms with Crippen LogP contribution in [0, 0.1) is 12.7 Å². The summed E-state index contributed by atoms with van der Waals surface area (Å²) in [4.78, 5) is 13.7. The first-order valence-electron chi connectivity index (χ1n) is 6.18. The normalized spacial score (nSPS) is 10.4. The Labute approximate surface area is 107 Å². The smallest absolute Gasteiger partial charge is 0.253 e. The van der Waals surface area contributed by atoms with Gasteiger partial charge in [0.25, 0.3) is 5.91 Å². The average molecular weight is 253 g/mol. The second-order valence-corrected chi connectivity index (χ2v) is 4.47. The Balaban J connectivity index is 2.54. The van der Waals surface area contributed by atoms with Gasteiger partial charge in [-0.15, -0.1) is 0 Å². The summed E-state index contributed by atoms with van der Waals surface area (Å²) in [6, 6.07) is 4.40. The lowest BCUT2D eigenvalue weighted by Crippen LogP contribution is -2.27. The molecular weight excluding hydrogens is 233 g/mol. The van der Waals surface area contributed by atoms with Gasteiger partial charge in [0, 0.05) is 25.8 Å². The van der Waals surface area contributed by atoms with E-state index in [0.29, 0.717) is 17.7 Å². The lowest BCUT2D eigenvalue weighted by atomic mass is 10.1. The van der Waals surface area contributed by atoms with Crippen LogP contribution in [0.4, 0.5) is 4.39 Å². The number of rotatable bonds is 6. The molecule has 0 radical (unpaired) electrons. The van der Waals surface area contributed by atoms with Crippen LogP contribution in [0.3, 0.4) is 0 Å². The van der Waals surface area contributed by atoms with Gasteiger partial charge >= 0.3 is 0 Å². The van der Waals surface area contributed by atoms with E-state index in [4.69, 9.17) is 5.11 Å². The number of nitrogens with zero attached hydrogens (tertiary/aromatic N) is 1. The summed E-state index contributed by atoms with van der Waals surface area (Å²) < 4.78 is 13.1. The highest BCUT2D eigenvalue weighted by Crippen LogP contribution is 2.11. The molecule has 18 heavy (non-hydrogen) atoms. The molecule has 3 nitrogen and oxygen atoms in total. The van der Waals surface area contributed by atoms with Crippen LogP contribution in [0.1, 0.15) is 35.2 Å². The van der Waals surface area contributed by atoms with Crippen molar-refractivity contribution in [3.05, 3.63) is 35.1 Å². The van der Waals surface area contributed by atoms with Crippen LogP contribution in [0.15, 0.2) is 18.2 Å². The van der Waals surface area contributed by atoms with Crippen molar-refractivity contribution in [1.29, 1.82) is 0 Å². The first-order valence-corrected chi connectivity index (χ1v) is 6.18. The lowest BCUT2D eigenvalue weighted by Gasteiger charge is -2.17. The Kier molecular flexibility index (Phi) is 5.78. The number of hydrogen-bond donors (Lipinski definition) is 1. The van der Waals surface area contributed by atoms with Crippen LogP contribution in [-0.2, 0) is 0 Å². The average Bonchev–Trinajstić information content (AvgIpc) is 2.37. The Morgan fingerprint density at radius 2 is 2.06 bits per heavy atom.